The van der Waals surface area contributed by atoms with Crippen molar-refractivity contribution >= 4 is 68.8 Å². The largest absolute Gasteiger partial charge is 0.355 e. The average molecular weight is 787 g/mol. The number of piperidine rings is 1. The van der Waals surface area contributed by atoms with E-state index in [1.165, 1.54) is 18.4 Å². The molecule has 2 unspecified atom stereocenters. The Balaban J connectivity index is 1.09. The molecular weight excluding hydrogens is 741 g/mol. The predicted molar refractivity (Wildman–Crippen MR) is 226 cm³/mol. The van der Waals surface area contributed by atoms with E-state index in [0.717, 1.165) is 71.0 Å². The second-order valence-corrected chi connectivity index (χ2v) is 16.4. The van der Waals surface area contributed by atoms with Gasteiger partial charge in [-0.3, -0.25) is 4.79 Å². The minimum absolute atomic E-state index is 0.0741. The number of anilines is 2. The van der Waals surface area contributed by atoms with E-state index in [1.807, 2.05) is 42.5 Å². The van der Waals surface area contributed by atoms with Gasteiger partial charge in [-0.1, -0.05) is 91.5 Å². The zero-order chi connectivity index (χ0) is 38.3. The van der Waals surface area contributed by atoms with Crippen molar-refractivity contribution < 1.29 is 9.59 Å². The Morgan fingerprint density at radius 3 is 2.34 bits per heavy atom. The molecule has 9 rings (SSSR count). The van der Waals surface area contributed by atoms with Crippen LogP contribution in [0.5, 0.6) is 0 Å². The second kappa shape index (κ2) is 15.4. The van der Waals surface area contributed by atoms with Crippen molar-refractivity contribution in [3.05, 3.63) is 135 Å². The number of pyridine rings is 1. The van der Waals surface area contributed by atoms with Crippen molar-refractivity contribution in [3.8, 4) is 0 Å². The molecule has 1 aliphatic carbocycles. The summed E-state index contributed by atoms with van der Waals surface area (Å²) in [5, 5.41) is 11.8. The van der Waals surface area contributed by atoms with Crippen LogP contribution in [-0.4, -0.2) is 52.0 Å². The number of urea groups is 1. The Hall–Kier alpha value is -5.25. The number of fused-ring (bicyclic) bond motifs is 2. The van der Waals surface area contributed by atoms with Gasteiger partial charge >= 0.3 is 6.03 Å². The average Bonchev–Trinajstić information content (AvgIpc) is 3.82. The van der Waals surface area contributed by atoms with Crippen LogP contribution in [0.25, 0.3) is 22.2 Å². The van der Waals surface area contributed by atoms with Crippen LogP contribution in [0.4, 0.5) is 16.3 Å². The number of halogens is 2. The first-order valence-electron chi connectivity index (χ1n) is 19.8. The molecule has 11 heteroatoms. The summed E-state index contributed by atoms with van der Waals surface area (Å²) in [5.74, 6) is 0.603. The standard InChI is InChI=1S/C45H45Cl2N7O2/c1-27-9-8-22-54-41(29-15-17-30(46)18-16-29)34-25-31(47)26-36-38(34)39(42(54)37(27)28-10-3-2-4-11-28)40(51-36)44(55)52-35-14-7-21-48-43(35)53-23-19-33(20-24-53)50-45(56)49-32-12-5-6-13-32/h2-4,7-8,10-11,14-18,21-22,25-27,32-33,41,51H,5-6,9,12-13,19-20,23-24H2,1H3,(H,52,55)(H2,49,50,56). The number of nitrogens with zero attached hydrogens (tertiary/aromatic N) is 3. The van der Waals surface area contributed by atoms with Gasteiger partial charge in [0.2, 0.25) is 0 Å². The van der Waals surface area contributed by atoms with E-state index in [1.54, 1.807) is 6.20 Å². The molecule has 4 aliphatic rings. The van der Waals surface area contributed by atoms with Crippen LogP contribution in [-0.2, 0) is 0 Å². The first-order chi connectivity index (χ1) is 27.3. The Labute approximate surface area is 337 Å². The van der Waals surface area contributed by atoms with Crippen LogP contribution in [0.2, 0.25) is 10.0 Å². The maximum Gasteiger partial charge on any atom is 0.315 e. The third kappa shape index (κ3) is 6.92. The third-order valence-electron chi connectivity index (χ3n) is 11.8. The number of aromatic amines is 1. The third-order valence-corrected chi connectivity index (χ3v) is 12.3. The van der Waals surface area contributed by atoms with E-state index < -0.39 is 0 Å². The molecule has 0 bridgehead atoms. The van der Waals surface area contributed by atoms with Gasteiger partial charge in [-0.2, -0.15) is 0 Å². The molecule has 3 aromatic carbocycles. The number of rotatable bonds is 7. The van der Waals surface area contributed by atoms with Crippen LogP contribution < -0.4 is 20.9 Å². The fourth-order valence-electron chi connectivity index (χ4n) is 9.20. The number of benzene rings is 3. The quantitative estimate of drug-likeness (QED) is 0.132. The van der Waals surface area contributed by atoms with Gasteiger partial charge in [-0.05, 0) is 96.7 Å². The van der Waals surface area contributed by atoms with Crippen LogP contribution in [0.3, 0.4) is 0 Å². The minimum Gasteiger partial charge on any atom is -0.355 e. The van der Waals surface area contributed by atoms with Crippen LogP contribution in [0.1, 0.15) is 90.7 Å². The smallest absolute Gasteiger partial charge is 0.315 e. The van der Waals surface area contributed by atoms with Gasteiger partial charge in [0.1, 0.15) is 5.69 Å². The Morgan fingerprint density at radius 2 is 1.59 bits per heavy atom. The summed E-state index contributed by atoms with van der Waals surface area (Å²) < 4.78 is 0. The van der Waals surface area contributed by atoms with Crippen LogP contribution in [0, 0.1) is 5.92 Å². The number of amides is 3. The van der Waals surface area contributed by atoms with E-state index in [0.29, 0.717) is 40.3 Å². The molecule has 1 saturated carbocycles. The lowest BCUT2D eigenvalue weighted by atomic mass is 9.82. The molecule has 5 heterocycles. The molecule has 2 fully saturated rings. The fraction of sp³-hybridized carbons (Fsp3) is 0.311. The highest BCUT2D eigenvalue weighted by molar-refractivity contribution is 6.32. The van der Waals surface area contributed by atoms with Crippen molar-refractivity contribution in [3.63, 3.8) is 0 Å². The number of hydrogen-bond acceptors (Lipinski definition) is 5. The van der Waals surface area contributed by atoms with Crippen molar-refractivity contribution in [1.82, 2.24) is 25.5 Å². The topological polar surface area (TPSA) is 105 Å². The van der Waals surface area contributed by atoms with Crippen molar-refractivity contribution in [1.29, 1.82) is 0 Å². The minimum atomic E-state index is -0.265. The maximum absolute atomic E-state index is 14.9. The lowest BCUT2D eigenvalue weighted by Gasteiger charge is -2.39. The van der Waals surface area contributed by atoms with E-state index in [4.69, 9.17) is 28.2 Å². The summed E-state index contributed by atoms with van der Waals surface area (Å²) in [6.07, 6.45) is 13.0. The SMILES string of the molecule is CC1CC=CN2C(=C1c1ccccc1)c1c(C(=O)Nc3cccnc3N3CCC(NC(=O)NC4CCCC4)CC3)[nH]c3cc(Cl)cc(c13)C2c1ccc(Cl)cc1. The lowest BCUT2D eigenvalue weighted by molar-refractivity contribution is 0.102. The monoisotopic (exact) mass is 785 g/mol. The number of allylic oxidation sites excluding steroid dienone is 2. The first-order valence-corrected chi connectivity index (χ1v) is 20.5. The zero-order valence-corrected chi connectivity index (χ0v) is 32.8. The highest BCUT2D eigenvalue weighted by Gasteiger charge is 2.40. The maximum atomic E-state index is 14.9. The predicted octanol–water partition coefficient (Wildman–Crippen LogP) is 10.2. The molecule has 5 aromatic rings. The zero-order valence-electron chi connectivity index (χ0n) is 31.3. The summed E-state index contributed by atoms with van der Waals surface area (Å²) in [5.41, 5.74) is 8.07. The summed E-state index contributed by atoms with van der Waals surface area (Å²) >= 11 is 13.3. The Kier molecular flexibility index (Phi) is 9.98. The molecule has 1 saturated heterocycles. The normalized spacial score (nSPS) is 19.9. The van der Waals surface area contributed by atoms with Crippen LogP contribution >= 0.6 is 23.2 Å². The van der Waals surface area contributed by atoms with E-state index in [2.05, 4.69) is 86.3 Å². The lowest BCUT2D eigenvalue weighted by Crippen LogP contribution is -2.49. The first kappa shape index (κ1) is 36.4. The Morgan fingerprint density at radius 1 is 0.857 bits per heavy atom. The summed E-state index contributed by atoms with van der Waals surface area (Å²) in [6.45, 7) is 3.66. The molecule has 3 amide bonds. The number of carbonyl (C=O) groups is 2. The van der Waals surface area contributed by atoms with E-state index in [-0.39, 0.29) is 36.0 Å². The van der Waals surface area contributed by atoms with Gasteiger partial charge in [0.15, 0.2) is 5.82 Å². The van der Waals surface area contributed by atoms with Crippen molar-refractivity contribution in [2.45, 2.75) is 70.0 Å². The molecule has 56 heavy (non-hydrogen) atoms. The van der Waals surface area contributed by atoms with Crippen molar-refractivity contribution in [2.24, 2.45) is 5.92 Å². The van der Waals surface area contributed by atoms with Gasteiger partial charge in [-0.15, -0.1) is 0 Å². The second-order valence-electron chi connectivity index (χ2n) is 15.5. The molecular formula is C45H45Cl2N7O2. The molecule has 4 N–H and O–H groups in total. The molecule has 2 aromatic heterocycles. The number of nitrogens with one attached hydrogen (secondary N) is 4. The van der Waals surface area contributed by atoms with E-state index >= 15 is 0 Å². The summed E-state index contributed by atoms with van der Waals surface area (Å²) in [6, 6.07) is 26.2. The fourth-order valence-corrected chi connectivity index (χ4v) is 9.55. The van der Waals surface area contributed by atoms with Gasteiger partial charge < -0.3 is 30.7 Å². The summed E-state index contributed by atoms with van der Waals surface area (Å²) in [7, 11) is 0. The van der Waals surface area contributed by atoms with Crippen molar-refractivity contribution in [2.75, 3.05) is 23.3 Å². The molecule has 0 radical (unpaired) electrons. The highest BCUT2D eigenvalue weighted by atomic mass is 35.5. The number of hydrogen-bond donors (Lipinski definition) is 4. The summed E-state index contributed by atoms with van der Waals surface area (Å²) in [4.78, 5) is 40.4. The number of carbonyl (C=O) groups excluding carboxylic acids is 2. The van der Waals surface area contributed by atoms with E-state index in [9.17, 15) is 9.59 Å². The molecule has 9 nitrogen and oxygen atoms in total. The number of aromatic nitrogens is 2. The molecule has 2 atom stereocenters. The number of H-pyrrole nitrogens is 1. The van der Waals surface area contributed by atoms with Gasteiger partial charge in [0, 0.05) is 64.1 Å². The molecule has 0 spiro atoms. The van der Waals surface area contributed by atoms with Gasteiger partial charge in [0.05, 0.1) is 17.4 Å². The molecule has 3 aliphatic heterocycles. The van der Waals surface area contributed by atoms with Gasteiger partial charge in [-0.25, -0.2) is 9.78 Å². The Bertz CT molecular complexity index is 2340. The van der Waals surface area contributed by atoms with Crippen LogP contribution in [0.15, 0.2) is 97.3 Å². The highest BCUT2D eigenvalue weighted by Crippen LogP contribution is 2.53. The molecule has 286 valence electrons. The van der Waals surface area contributed by atoms with Gasteiger partial charge in [0.25, 0.3) is 5.91 Å².